The average molecular weight is 275 g/mol. The van der Waals surface area contributed by atoms with Crippen LogP contribution in [0.15, 0.2) is 18.5 Å². The molecule has 0 saturated carbocycles. The van der Waals surface area contributed by atoms with Crippen LogP contribution >= 0.6 is 0 Å². The van der Waals surface area contributed by atoms with E-state index < -0.39 is 0 Å². The van der Waals surface area contributed by atoms with Crippen LogP contribution in [0.4, 0.5) is 0 Å². The Hall–Kier alpha value is -2.11. The van der Waals surface area contributed by atoms with Crippen LogP contribution in [0.2, 0.25) is 0 Å². The monoisotopic (exact) mass is 275 g/mol. The molecule has 0 aromatic carbocycles. The molecule has 2 heterocycles. The summed E-state index contributed by atoms with van der Waals surface area (Å²) >= 11 is 0. The number of rotatable bonds is 6. The number of aromatic nitrogens is 4. The molecule has 1 N–H and O–H groups in total. The highest BCUT2D eigenvalue weighted by Crippen LogP contribution is 2.06. The van der Waals surface area contributed by atoms with Crippen molar-refractivity contribution in [3.8, 4) is 0 Å². The Morgan fingerprint density at radius 1 is 1.30 bits per heavy atom. The van der Waals surface area contributed by atoms with Gasteiger partial charge in [0, 0.05) is 37.2 Å². The van der Waals surface area contributed by atoms with Crippen molar-refractivity contribution in [3.05, 3.63) is 35.4 Å². The summed E-state index contributed by atoms with van der Waals surface area (Å²) in [4.78, 5) is 12.0. The van der Waals surface area contributed by atoms with E-state index in [0.29, 0.717) is 12.1 Å². The van der Waals surface area contributed by atoms with Gasteiger partial charge < -0.3 is 5.32 Å². The normalized spacial score (nSPS) is 10.8. The summed E-state index contributed by atoms with van der Waals surface area (Å²) in [7, 11) is 0. The molecule has 108 valence electrons. The molecule has 0 spiro atoms. The van der Waals surface area contributed by atoms with E-state index in [2.05, 4.69) is 15.5 Å². The van der Waals surface area contributed by atoms with E-state index in [1.54, 1.807) is 12.4 Å². The molecule has 0 unspecified atom stereocenters. The molecule has 2 aromatic heterocycles. The first-order valence-electron chi connectivity index (χ1n) is 6.92. The molecule has 0 aliphatic carbocycles. The molecule has 6 heteroatoms. The second-order valence-electron chi connectivity index (χ2n) is 4.76. The highest BCUT2D eigenvalue weighted by Gasteiger charge is 2.12. The molecule has 0 fully saturated rings. The lowest BCUT2D eigenvalue weighted by Crippen LogP contribution is -2.26. The summed E-state index contributed by atoms with van der Waals surface area (Å²) in [6.45, 7) is 8.17. The molecule has 1 amide bonds. The first-order valence-corrected chi connectivity index (χ1v) is 6.92. The number of amides is 1. The Morgan fingerprint density at radius 2 is 2.10 bits per heavy atom. The van der Waals surface area contributed by atoms with E-state index in [4.69, 9.17) is 0 Å². The smallest absolute Gasteiger partial charge is 0.254 e. The van der Waals surface area contributed by atoms with E-state index in [1.165, 1.54) is 0 Å². The third-order valence-corrected chi connectivity index (χ3v) is 3.41. The minimum atomic E-state index is -0.0561. The minimum absolute atomic E-state index is 0.0561. The Labute approximate surface area is 118 Å². The number of carbonyl (C=O) groups is 1. The van der Waals surface area contributed by atoms with Gasteiger partial charge in [-0.2, -0.15) is 10.2 Å². The Bertz CT molecular complexity index is 584. The Balaban J connectivity index is 1.80. The van der Waals surface area contributed by atoms with Gasteiger partial charge in [0.05, 0.1) is 11.8 Å². The summed E-state index contributed by atoms with van der Waals surface area (Å²) in [5.74, 6) is -0.0561. The highest BCUT2D eigenvalue weighted by atomic mass is 16.1. The lowest BCUT2D eigenvalue weighted by molar-refractivity contribution is 0.0952. The van der Waals surface area contributed by atoms with Gasteiger partial charge in [0.1, 0.15) is 0 Å². The number of hydrogen-bond acceptors (Lipinski definition) is 3. The summed E-state index contributed by atoms with van der Waals surface area (Å²) in [6, 6.07) is 1.97. The van der Waals surface area contributed by atoms with E-state index >= 15 is 0 Å². The molecule has 0 atom stereocenters. The van der Waals surface area contributed by atoms with Gasteiger partial charge in [-0.1, -0.05) is 0 Å². The zero-order valence-corrected chi connectivity index (χ0v) is 12.3. The molecule has 0 aliphatic heterocycles. The first-order chi connectivity index (χ1) is 9.63. The van der Waals surface area contributed by atoms with Gasteiger partial charge in [0.15, 0.2) is 0 Å². The SMILES string of the molecule is CCn1ncc(C(=O)NCCCn2nccc2C)c1C. The number of carbonyl (C=O) groups excluding carboxylic acids is 1. The number of nitrogens with zero attached hydrogens (tertiary/aromatic N) is 4. The van der Waals surface area contributed by atoms with Gasteiger partial charge in [-0.05, 0) is 33.3 Å². The molecular formula is C14H21N5O. The quantitative estimate of drug-likeness (QED) is 0.813. The van der Waals surface area contributed by atoms with Crippen LogP contribution in [0.1, 0.15) is 35.1 Å². The Morgan fingerprint density at radius 3 is 2.70 bits per heavy atom. The van der Waals surface area contributed by atoms with Gasteiger partial charge in [0.2, 0.25) is 0 Å². The number of aryl methyl sites for hydroxylation is 3. The lowest BCUT2D eigenvalue weighted by atomic mass is 10.2. The molecule has 6 nitrogen and oxygen atoms in total. The topological polar surface area (TPSA) is 64.7 Å². The van der Waals surface area contributed by atoms with Crippen molar-refractivity contribution in [2.24, 2.45) is 0 Å². The van der Waals surface area contributed by atoms with Gasteiger partial charge in [-0.25, -0.2) is 0 Å². The maximum atomic E-state index is 12.0. The molecule has 0 radical (unpaired) electrons. The number of nitrogens with one attached hydrogen (secondary N) is 1. The van der Waals surface area contributed by atoms with Gasteiger partial charge in [0.25, 0.3) is 5.91 Å². The van der Waals surface area contributed by atoms with Crippen LogP contribution in [0.3, 0.4) is 0 Å². The van der Waals surface area contributed by atoms with Crippen LogP contribution in [-0.4, -0.2) is 32.0 Å². The standard InChI is InChI=1S/C14H21N5O/c1-4-18-12(3)13(10-17-18)14(20)15-7-5-9-19-11(2)6-8-16-19/h6,8,10H,4-5,7,9H2,1-3H3,(H,15,20). The zero-order chi connectivity index (χ0) is 14.5. The fourth-order valence-corrected chi connectivity index (χ4v) is 2.15. The molecule has 0 saturated heterocycles. The fourth-order valence-electron chi connectivity index (χ4n) is 2.15. The van der Waals surface area contributed by atoms with Crippen LogP contribution in [-0.2, 0) is 13.1 Å². The molecular weight excluding hydrogens is 254 g/mol. The minimum Gasteiger partial charge on any atom is -0.352 e. The Kier molecular flexibility index (Phi) is 4.55. The van der Waals surface area contributed by atoms with Crippen molar-refractivity contribution in [3.63, 3.8) is 0 Å². The summed E-state index contributed by atoms with van der Waals surface area (Å²) in [5.41, 5.74) is 2.70. The van der Waals surface area contributed by atoms with Gasteiger partial charge >= 0.3 is 0 Å². The maximum absolute atomic E-state index is 12.0. The summed E-state index contributed by atoms with van der Waals surface area (Å²) in [6.07, 6.45) is 4.28. The van der Waals surface area contributed by atoms with Crippen molar-refractivity contribution < 1.29 is 4.79 Å². The number of hydrogen-bond donors (Lipinski definition) is 1. The van der Waals surface area contributed by atoms with Gasteiger partial charge in [-0.15, -0.1) is 0 Å². The predicted molar refractivity (Wildman–Crippen MR) is 76.6 cm³/mol. The van der Waals surface area contributed by atoms with E-state index in [0.717, 1.165) is 30.9 Å². The third kappa shape index (κ3) is 3.07. The molecule has 0 aliphatic rings. The van der Waals surface area contributed by atoms with Crippen LogP contribution in [0, 0.1) is 13.8 Å². The molecule has 2 rings (SSSR count). The van der Waals surface area contributed by atoms with Crippen molar-refractivity contribution >= 4 is 5.91 Å². The molecule has 20 heavy (non-hydrogen) atoms. The second-order valence-corrected chi connectivity index (χ2v) is 4.76. The largest absolute Gasteiger partial charge is 0.352 e. The van der Waals surface area contributed by atoms with Crippen molar-refractivity contribution in [2.75, 3.05) is 6.54 Å². The van der Waals surface area contributed by atoms with E-state index in [9.17, 15) is 4.79 Å². The van der Waals surface area contributed by atoms with Crippen molar-refractivity contribution in [1.29, 1.82) is 0 Å². The summed E-state index contributed by atoms with van der Waals surface area (Å²) < 4.78 is 3.76. The van der Waals surface area contributed by atoms with Crippen LogP contribution in [0.5, 0.6) is 0 Å². The van der Waals surface area contributed by atoms with E-state index in [1.807, 2.05) is 36.2 Å². The third-order valence-electron chi connectivity index (χ3n) is 3.41. The highest BCUT2D eigenvalue weighted by molar-refractivity contribution is 5.94. The lowest BCUT2D eigenvalue weighted by Gasteiger charge is -2.06. The fraction of sp³-hybridized carbons (Fsp3) is 0.500. The molecule has 2 aromatic rings. The maximum Gasteiger partial charge on any atom is 0.254 e. The van der Waals surface area contributed by atoms with Crippen molar-refractivity contribution in [2.45, 2.75) is 40.3 Å². The second kappa shape index (κ2) is 6.36. The van der Waals surface area contributed by atoms with Crippen molar-refractivity contribution in [1.82, 2.24) is 24.9 Å². The predicted octanol–water partition coefficient (Wildman–Crippen LogP) is 1.54. The van der Waals surface area contributed by atoms with E-state index in [-0.39, 0.29) is 5.91 Å². The molecule has 0 bridgehead atoms. The zero-order valence-electron chi connectivity index (χ0n) is 12.3. The average Bonchev–Trinajstić information content (AvgIpc) is 3.00. The van der Waals surface area contributed by atoms with Crippen LogP contribution in [0.25, 0.3) is 0 Å². The summed E-state index contributed by atoms with van der Waals surface area (Å²) in [5, 5.41) is 11.3. The van der Waals surface area contributed by atoms with Crippen LogP contribution < -0.4 is 5.32 Å². The first kappa shape index (κ1) is 14.3. The van der Waals surface area contributed by atoms with Gasteiger partial charge in [-0.3, -0.25) is 14.2 Å².